The number of hydrogen-bond donors (Lipinski definition) is 0. The molecule has 0 N–H and O–H groups in total. The number of methoxy groups -OCH3 is 1. The Kier molecular flexibility index (Phi) is 3.28. The molecule has 1 saturated carbocycles. The van der Waals surface area contributed by atoms with Crippen LogP contribution in [0.4, 0.5) is 0 Å². The number of aromatic nitrogens is 4. The molecule has 0 bridgehead atoms. The van der Waals surface area contributed by atoms with E-state index in [1.807, 2.05) is 0 Å². The molecule has 1 aliphatic carbocycles. The zero-order valence-electron chi connectivity index (χ0n) is 11.7. The van der Waals surface area contributed by atoms with E-state index in [0.717, 1.165) is 0 Å². The summed E-state index contributed by atoms with van der Waals surface area (Å²) in [4.78, 5) is 24.2. The van der Waals surface area contributed by atoms with Crippen LogP contribution in [0.3, 0.4) is 0 Å². The van der Waals surface area contributed by atoms with Gasteiger partial charge in [-0.15, -0.1) is 0 Å². The zero-order valence-corrected chi connectivity index (χ0v) is 11.7. The van der Waals surface area contributed by atoms with E-state index in [4.69, 9.17) is 14.0 Å². The average molecular weight is 290 g/mol. The second-order valence-electron chi connectivity index (χ2n) is 4.67. The van der Waals surface area contributed by atoms with Gasteiger partial charge < -0.3 is 14.0 Å². The second kappa shape index (κ2) is 5.12. The standard InChI is InChI=1S/C13H14N4O4/c1-3-20-12(18)13(4-5-13)11-16-10(17-21-11)8-6-9(19-2)15-7-14-8/h6-7H,3-5H2,1-2H3. The van der Waals surface area contributed by atoms with Gasteiger partial charge in [-0.1, -0.05) is 5.16 Å². The number of esters is 1. The Labute approximate surface area is 120 Å². The summed E-state index contributed by atoms with van der Waals surface area (Å²) >= 11 is 0. The van der Waals surface area contributed by atoms with Crippen molar-refractivity contribution in [2.75, 3.05) is 13.7 Å². The van der Waals surface area contributed by atoms with E-state index in [9.17, 15) is 4.79 Å². The summed E-state index contributed by atoms with van der Waals surface area (Å²) in [6.07, 6.45) is 2.66. The number of rotatable bonds is 5. The van der Waals surface area contributed by atoms with Crippen molar-refractivity contribution in [3.63, 3.8) is 0 Å². The average Bonchev–Trinajstić information content (AvgIpc) is 3.18. The summed E-state index contributed by atoms with van der Waals surface area (Å²) in [6, 6.07) is 1.60. The molecule has 0 amide bonds. The van der Waals surface area contributed by atoms with E-state index in [-0.39, 0.29) is 11.9 Å². The number of nitrogens with zero attached hydrogens (tertiary/aromatic N) is 4. The summed E-state index contributed by atoms with van der Waals surface area (Å²) in [5, 5.41) is 3.87. The van der Waals surface area contributed by atoms with Crippen molar-refractivity contribution in [2.24, 2.45) is 0 Å². The van der Waals surface area contributed by atoms with E-state index in [1.165, 1.54) is 13.4 Å². The summed E-state index contributed by atoms with van der Waals surface area (Å²) in [7, 11) is 1.51. The molecular weight excluding hydrogens is 276 g/mol. The smallest absolute Gasteiger partial charge is 0.321 e. The van der Waals surface area contributed by atoms with Crippen molar-refractivity contribution < 1.29 is 18.8 Å². The Morgan fingerprint density at radius 2 is 2.24 bits per heavy atom. The molecule has 3 rings (SSSR count). The maximum Gasteiger partial charge on any atom is 0.321 e. The van der Waals surface area contributed by atoms with Crippen molar-refractivity contribution in [1.29, 1.82) is 0 Å². The summed E-state index contributed by atoms with van der Waals surface area (Å²) in [5.74, 6) is 0.646. The quantitative estimate of drug-likeness (QED) is 0.755. The van der Waals surface area contributed by atoms with E-state index < -0.39 is 5.41 Å². The van der Waals surface area contributed by atoms with Gasteiger partial charge in [0.05, 0.1) is 13.7 Å². The molecule has 0 radical (unpaired) electrons. The fourth-order valence-corrected chi connectivity index (χ4v) is 1.99. The van der Waals surface area contributed by atoms with Gasteiger partial charge in [-0.05, 0) is 19.8 Å². The predicted octanol–water partition coefficient (Wildman–Crippen LogP) is 1.13. The molecule has 1 aliphatic rings. The van der Waals surface area contributed by atoms with Crippen LogP contribution >= 0.6 is 0 Å². The fourth-order valence-electron chi connectivity index (χ4n) is 1.99. The minimum atomic E-state index is -0.779. The number of carbonyl (C=O) groups is 1. The molecule has 0 unspecified atom stereocenters. The third-order valence-electron chi connectivity index (χ3n) is 3.33. The molecular formula is C13H14N4O4. The largest absolute Gasteiger partial charge is 0.481 e. The molecule has 0 spiro atoms. The van der Waals surface area contributed by atoms with Crippen LogP contribution in [0.25, 0.3) is 11.5 Å². The highest BCUT2D eigenvalue weighted by atomic mass is 16.5. The Hall–Kier alpha value is -2.51. The highest BCUT2D eigenvalue weighted by Gasteiger charge is 2.57. The van der Waals surface area contributed by atoms with Gasteiger partial charge in [0.15, 0.2) is 0 Å². The highest BCUT2D eigenvalue weighted by molar-refractivity contribution is 5.85. The van der Waals surface area contributed by atoms with Crippen LogP contribution in [0.5, 0.6) is 5.88 Å². The number of carbonyl (C=O) groups excluding carboxylic acids is 1. The van der Waals surface area contributed by atoms with Gasteiger partial charge in [-0.25, -0.2) is 9.97 Å². The summed E-state index contributed by atoms with van der Waals surface area (Å²) < 4.78 is 15.3. The first-order valence-electron chi connectivity index (χ1n) is 6.57. The van der Waals surface area contributed by atoms with Crippen molar-refractivity contribution in [3.05, 3.63) is 18.3 Å². The normalized spacial score (nSPS) is 15.5. The lowest BCUT2D eigenvalue weighted by molar-refractivity contribution is -0.146. The molecule has 21 heavy (non-hydrogen) atoms. The first-order chi connectivity index (χ1) is 10.2. The van der Waals surface area contributed by atoms with Gasteiger partial charge in [0.1, 0.15) is 17.4 Å². The molecule has 0 aromatic carbocycles. The molecule has 110 valence electrons. The van der Waals surface area contributed by atoms with Crippen LogP contribution in [-0.4, -0.2) is 39.8 Å². The molecule has 0 atom stereocenters. The van der Waals surface area contributed by atoms with Crippen LogP contribution in [0, 0.1) is 0 Å². The summed E-state index contributed by atoms with van der Waals surface area (Å²) in [6.45, 7) is 2.09. The first kappa shape index (κ1) is 13.5. The Morgan fingerprint density at radius 1 is 1.43 bits per heavy atom. The van der Waals surface area contributed by atoms with Crippen LogP contribution in [0.2, 0.25) is 0 Å². The molecule has 2 heterocycles. The minimum absolute atomic E-state index is 0.272. The minimum Gasteiger partial charge on any atom is -0.481 e. The lowest BCUT2D eigenvalue weighted by Crippen LogP contribution is -2.23. The highest BCUT2D eigenvalue weighted by Crippen LogP contribution is 2.48. The van der Waals surface area contributed by atoms with Gasteiger partial charge in [0.2, 0.25) is 17.6 Å². The van der Waals surface area contributed by atoms with Crippen molar-refractivity contribution >= 4 is 5.97 Å². The molecule has 8 nitrogen and oxygen atoms in total. The Morgan fingerprint density at radius 3 is 2.90 bits per heavy atom. The van der Waals surface area contributed by atoms with Gasteiger partial charge in [0, 0.05) is 6.07 Å². The van der Waals surface area contributed by atoms with Crippen molar-refractivity contribution in [2.45, 2.75) is 25.2 Å². The van der Waals surface area contributed by atoms with E-state index >= 15 is 0 Å². The predicted molar refractivity (Wildman–Crippen MR) is 69.4 cm³/mol. The van der Waals surface area contributed by atoms with Gasteiger partial charge >= 0.3 is 5.97 Å². The first-order valence-corrected chi connectivity index (χ1v) is 6.57. The molecule has 2 aromatic rings. The number of ether oxygens (including phenoxy) is 2. The Balaban J connectivity index is 1.88. The summed E-state index contributed by atoms with van der Waals surface area (Å²) in [5.41, 5.74) is -0.310. The van der Waals surface area contributed by atoms with Gasteiger partial charge in [-0.3, -0.25) is 4.79 Å². The fraction of sp³-hybridized carbons (Fsp3) is 0.462. The lowest BCUT2D eigenvalue weighted by atomic mass is 10.1. The van der Waals surface area contributed by atoms with E-state index in [0.29, 0.717) is 36.8 Å². The Bertz CT molecular complexity index is 666. The number of hydrogen-bond acceptors (Lipinski definition) is 8. The molecule has 0 saturated heterocycles. The maximum atomic E-state index is 12.0. The third kappa shape index (κ3) is 2.32. The second-order valence-corrected chi connectivity index (χ2v) is 4.67. The van der Waals surface area contributed by atoms with E-state index in [1.54, 1.807) is 13.0 Å². The van der Waals surface area contributed by atoms with Crippen molar-refractivity contribution in [1.82, 2.24) is 20.1 Å². The maximum absolute atomic E-state index is 12.0. The molecule has 2 aromatic heterocycles. The zero-order chi connectivity index (χ0) is 14.9. The van der Waals surface area contributed by atoms with Crippen LogP contribution < -0.4 is 4.74 Å². The van der Waals surface area contributed by atoms with Crippen molar-refractivity contribution in [3.8, 4) is 17.4 Å². The monoisotopic (exact) mass is 290 g/mol. The molecule has 0 aliphatic heterocycles. The molecule has 8 heteroatoms. The van der Waals surface area contributed by atoms with Crippen LogP contribution in [-0.2, 0) is 14.9 Å². The van der Waals surface area contributed by atoms with Gasteiger partial charge in [0.25, 0.3) is 0 Å². The molecule has 1 fully saturated rings. The van der Waals surface area contributed by atoms with Crippen LogP contribution in [0.15, 0.2) is 16.9 Å². The van der Waals surface area contributed by atoms with E-state index in [2.05, 4.69) is 20.1 Å². The van der Waals surface area contributed by atoms with Gasteiger partial charge in [-0.2, -0.15) is 4.98 Å². The van der Waals surface area contributed by atoms with Crippen LogP contribution in [0.1, 0.15) is 25.7 Å². The topological polar surface area (TPSA) is 100 Å². The third-order valence-corrected chi connectivity index (χ3v) is 3.33. The lowest BCUT2D eigenvalue weighted by Gasteiger charge is -2.07. The SMILES string of the molecule is CCOC(=O)C1(c2nc(-c3cc(OC)ncn3)no2)CC1.